The summed E-state index contributed by atoms with van der Waals surface area (Å²) >= 11 is 1.57. The molecule has 6 nitrogen and oxygen atoms in total. The van der Waals surface area contributed by atoms with E-state index in [0.717, 1.165) is 25.9 Å². The van der Waals surface area contributed by atoms with Gasteiger partial charge in [0.05, 0.1) is 5.56 Å². The predicted octanol–water partition coefficient (Wildman–Crippen LogP) is 3.08. The molecule has 3 rings (SSSR count). The molecule has 0 spiro atoms. The smallest absolute Gasteiger partial charge is 0.261 e. The van der Waals surface area contributed by atoms with Crippen LogP contribution in [0.15, 0.2) is 24.5 Å². The molecule has 0 saturated carbocycles. The van der Waals surface area contributed by atoms with E-state index in [1.54, 1.807) is 29.7 Å². The molecule has 0 atom stereocenters. The summed E-state index contributed by atoms with van der Waals surface area (Å²) < 4.78 is 0. The van der Waals surface area contributed by atoms with Crippen molar-refractivity contribution in [3.8, 4) is 0 Å². The lowest BCUT2D eigenvalue weighted by Crippen LogP contribution is -2.26. The van der Waals surface area contributed by atoms with Crippen LogP contribution in [0.3, 0.4) is 0 Å². The van der Waals surface area contributed by atoms with E-state index in [-0.39, 0.29) is 11.9 Å². The van der Waals surface area contributed by atoms with Gasteiger partial charge >= 0.3 is 0 Å². The van der Waals surface area contributed by atoms with Crippen LogP contribution in [0.25, 0.3) is 0 Å². The van der Waals surface area contributed by atoms with Gasteiger partial charge in [-0.25, -0.2) is 9.97 Å². The SMILES string of the molecule is CC(C)Nc1ncccc1C(=O)Nc1ncc(C2CCNCC2)s1. The first-order valence-electron chi connectivity index (χ1n) is 8.33. The molecule has 1 aliphatic heterocycles. The van der Waals surface area contributed by atoms with Crippen molar-refractivity contribution in [3.05, 3.63) is 35.0 Å². The number of anilines is 2. The highest BCUT2D eigenvalue weighted by Crippen LogP contribution is 2.32. The van der Waals surface area contributed by atoms with Crippen LogP contribution in [-0.2, 0) is 0 Å². The van der Waals surface area contributed by atoms with Crippen LogP contribution in [0, 0.1) is 0 Å². The fraction of sp³-hybridized carbons (Fsp3) is 0.471. The van der Waals surface area contributed by atoms with E-state index in [4.69, 9.17) is 0 Å². The molecule has 0 radical (unpaired) electrons. The maximum Gasteiger partial charge on any atom is 0.261 e. The molecular formula is C17H23N5OS. The van der Waals surface area contributed by atoms with Crippen molar-refractivity contribution in [2.45, 2.75) is 38.6 Å². The maximum atomic E-state index is 12.6. The number of hydrogen-bond acceptors (Lipinski definition) is 6. The molecule has 2 aromatic rings. The zero-order valence-corrected chi connectivity index (χ0v) is 14.8. The Labute approximate surface area is 146 Å². The summed E-state index contributed by atoms with van der Waals surface area (Å²) in [7, 11) is 0. The van der Waals surface area contributed by atoms with Gasteiger partial charge in [0.15, 0.2) is 5.13 Å². The number of hydrogen-bond donors (Lipinski definition) is 3. The topological polar surface area (TPSA) is 78.9 Å². The highest BCUT2D eigenvalue weighted by atomic mass is 32.1. The molecule has 2 aromatic heterocycles. The van der Waals surface area contributed by atoms with Gasteiger partial charge in [-0.2, -0.15) is 0 Å². The molecule has 3 heterocycles. The van der Waals surface area contributed by atoms with Gasteiger partial charge in [0, 0.05) is 23.3 Å². The van der Waals surface area contributed by atoms with Crippen LogP contribution >= 0.6 is 11.3 Å². The highest BCUT2D eigenvalue weighted by molar-refractivity contribution is 7.15. The van der Waals surface area contributed by atoms with E-state index in [1.807, 2.05) is 20.0 Å². The lowest BCUT2D eigenvalue weighted by atomic mass is 9.97. The second-order valence-electron chi connectivity index (χ2n) is 6.24. The van der Waals surface area contributed by atoms with E-state index in [2.05, 4.69) is 25.9 Å². The third-order valence-electron chi connectivity index (χ3n) is 3.96. The molecule has 128 valence electrons. The standard InChI is InChI=1S/C17H23N5OS/c1-11(2)21-15-13(4-3-7-19-15)16(23)22-17-20-10-14(24-17)12-5-8-18-9-6-12/h3-4,7,10-12,18H,5-6,8-9H2,1-2H3,(H,19,21)(H,20,22,23). The molecule has 0 bridgehead atoms. The van der Waals surface area contributed by atoms with E-state index < -0.39 is 0 Å². The summed E-state index contributed by atoms with van der Waals surface area (Å²) in [6, 6.07) is 3.75. The van der Waals surface area contributed by atoms with Crippen LogP contribution in [0.5, 0.6) is 0 Å². The van der Waals surface area contributed by atoms with Crippen LogP contribution in [0.1, 0.15) is 47.8 Å². The Kier molecular flexibility index (Phi) is 5.42. The van der Waals surface area contributed by atoms with Gasteiger partial charge in [-0.3, -0.25) is 10.1 Å². The number of pyridine rings is 1. The largest absolute Gasteiger partial charge is 0.367 e. The van der Waals surface area contributed by atoms with Crippen molar-refractivity contribution in [2.75, 3.05) is 23.7 Å². The third kappa shape index (κ3) is 4.10. The summed E-state index contributed by atoms with van der Waals surface area (Å²) in [5.41, 5.74) is 0.532. The molecule has 1 saturated heterocycles. The van der Waals surface area contributed by atoms with Crippen LogP contribution in [-0.4, -0.2) is 35.0 Å². The number of aromatic nitrogens is 2. The number of carbonyl (C=O) groups is 1. The van der Waals surface area contributed by atoms with Crippen molar-refractivity contribution in [1.82, 2.24) is 15.3 Å². The minimum atomic E-state index is -0.183. The maximum absolute atomic E-state index is 12.6. The predicted molar refractivity (Wildman–Crippen MR) is 97.9 cm³/mol. The molecular weight excluding hydrogens is 322 g/mol. The number of thiazole rings is 1. The average molecular weight is 345 g/mol. The Hall–Kier alpha value is -1.99. The number of piperidine rings is 1. The first-order chi connectivity index (χ1) is 11.6. The van der Waals surface area contributed by atoms with Gasteiger partial charge < -0.3 is 10.6 Å². The molecule has 0 unspecified atom stereocenters. The van der Waals surface area contributed by atoms with Crippen LogP contribution < -0.4 is 16.0 Å². The zero-order chi connectivity index (χ0) is 16.9. The van der Waals surface area contributed by atoms with E-state index >= 15 is 0 Å². The number of nitrogens with zero attached hydrogens (tertiary/aromatic N) is 2. The van der Waals surface area contributed by atoms with Crippen LogP contribution in [0.4, 0.5) is 10.9 Å². The van der Waals surface area contributed by atoms with Gasteiger partial charge in [0.1, 0.15) is 5.82 Å². The van der Waals surface area contributed by atoms with Gasteiger partial charge in [0.25, 0.3) is 5.91 Å². The molecule has 24 heavy (non-hydrogen) atoms. The van der Waals surface area contributed by atoms with Crippen molar-refractivity contribution in [1.29, 1.82) is 0 Å². The zero-order valence-electron chi connectivity index (χ0n) is 14.0. The minimum Gasteiger partial charge on any atom is -0.367 e. The Bertz CT molecular complexity index is 694. The molecule has 0 aliphatic carbocycles. The lowest BCUT2D eigenvalue weighted by Gasteiger charge is -2.20. The van der Waals surface area contributed by atoms with Crippen molar-refractivity contribution in [2.24, 2.45) is 0 Å². The summed E-state index contributed by atoms with van der Waals surface area (Å²) in [5.74, 6) is 0.962. The number of carbonyl (C=O) groups excluding carboxylic acids is 1. The number of amides is 1. The van der Waals surface area contributed by atoms with Gasteiger partial charge in [-0.15, -0.1) is 11.3 Å². The highest BCUT2D eigenvalue weighted by Gasteiger charge is 2.19. The second-order valence-corrected chi connectivity index (χ2v) is 7.31. The fourth-order valence-corrected chi connectivity index (χ4v) is 3.76. The number of nitrogens with one attached hydrogen (secondary N) is 3. The molecule has 1 fully saturated rings. The van der Waals surface area contributed by atoms with Crippen LogP contribution in [0.2, 0.25) is 0 Å². The quantitative estimate of drug-likeness (QED) is 0.776. The number of rotatable bonds is 5. The first-order valence-corrected chi connectivity index (χ1v) is 9.14. The van der Waals surface area contributed by atoms with Gasteiger partial charge in [0.2, 0.25) is 0 Å². The van der Waals surface area contributed by atoms with Crippen molar-refractivity contribution in [3.63, 3.8) is 0 Å². The average Bonchev–Trinajstić information content (AvgIpc) is 3.04. The molecule has 1 amide bonds. The van der Waals surface area contributed by atoms with E-state index in [9.17, 15) is 4.79 Å². The Morgan fingerprint density at radius 1 is 1.33 bits per heavy atom. The minimum absolute atomic E-state index is 0.183. The van der Waals surface area contributed by atoms with Gasteiger partial charge in [-0.05, 0) is 57.8 Å². The summed E-state index contributed by atoms with van der Waals surface area (Å²) in [6.45, 7) is 6.12. The van der Waals surface area contributed by atoms with E-state index in [0.29, 0.717) is 22.4 Å². The fourth-order valence-electron chi connectivity index (χ4n) is 2.78. The van der Waals surface area contributed by atoms with Crippen molar-refractivity contribution >= 4 is 28.2 Å². The molecule has 7 heteroatoms. The molecule has 0 aromatic carbocycles. The van der Waals surface area contributed by atoms with Crippen molar-refractivity contribution < 1.29 is 4.79 Å². The summed E-state index contributed by atoms with van der Waals surface area (Å²) in [4.78, 5) is 22.5. The Morgan fingerprint density at radius 2 is 2.12 bits per heavy atom. The monoisotopic (exact) mass is 345 g/mol. The lowest BCUT2D eigenvalue weighted by molar-refractivity contribution is 0.102. The molecule has 1 aliphatic rings. The molecule has 3 N–H and O–H groups in total. The second kappa shape index (κ2) is 7.72. The Balaban J connectivity index is 1.70. The third-order valence-corrected chi connectivity index (χ3v) is 5.04. The van der Waals surface area contributed by atoms with E-state index in [1.165, 1.54) is 4.88 Å². The first kappa shape index (κ1) is 16.9. The normalized spacial score (nSPS) is 15.5. The van der Waals surface area contributed by atoms with Gasteiger partial charge in [-0.1, -0.05) is 0 Å². The summed E-state index contributed by atoms with van der Waals surface area (Å²) in [5, 5.41) is 10.1. The summed E-state index contributed by atoms with van der Waals surface area (Å²) in [6.07, 6.45) is 5.83. The Morgan fingerprint density at radius 3 is 2.88 bits per heavy atom.